The van der Waals surface area contributed by atoms with Gasteiger partial charge in [-0.25, -0.2) is 0 Å². The average Bonchev–Trinajstić information content (AvgIpc) is 2.83. The minimum absolute atomic E-state index is 0.101. The number of nitrogens with one attached hydrogen (secondary N) is 2. The second-order valence-electron chi connectivity index (χ2n) is 6.31. The zero-order valence-corrected chi connectivity index (χ0v) is 11.9. The van der Waals surface area contributed by atoms with Crippen LogP contribution in [0.4, 0.5) is 0 Å². The van der Waals surface area contributed by atoms with Crippen LogP contribution in [0.15, 0.2) is 0 Å². The number of hydrogen-bond donors (Lipinski definition) is 3. The Hall–Kier alpha value is -0.610. The summed E-state index contributed by atoms with van der Waals surface area (Å²) in [4.78, 5) is 11.8. The first kappa shape index (κ1) is 14.8. The van der Waals surface area contributed by atoms with E-state index in [0.29, 0.717) is 18.9 Å². The Morgan fingerprint density at radius 1 is 1.26 bits per heavy atom. The Labute approximate surface area is 116 Å². The lowest BCUT2D eigenvalue weighted by Crippen LogP contribution is -2.42. The first-order chi connectivity index (χ1) is 9.18. The molecule has 1 amide bonds. The van der Waals surface area contributed by atoms with Gasteiger partial charge >= 0.3 is 0 Å². The molecule has 1 saturated carbocycles. The summed E-state index contributed by atoms with van der Waals surface area (Å²) in [5, 5.41) is 16.7. The third-order valence-corrected chi connectivity index (χ3v) is 4.59. The van der Waals surface area contributed by atoms with Gasteiger partial charge in [0.05, 0.1) is 5.60 Å². The normalized spacial score (nSPS) is 26.9. The van der Waals surface area contributed by atoms with Crippen LogP contribution in [0.5, 0.6) is 0 Å². The molecule has 19 heavy (non-hydrogen) atoms. The van der Waals surface area contributed by atoms with Crippen LogP contribution in [0, 0.1) is 5.92 Å². The van der Waals surface area contributed by atoms with Crippen LogP contribution in [0.1, 0.15) is 57.8 Å². The summed E-state index contributed by atoms with van der Waals surface area (Å²) in [5.74, 6) is 0.760. The standard InChI is InChI=1S/C15H28N2O2/c18-14(6-5-13-7-10-16-11-13)17-12-15(19)8-3-1-2-4-9-15/h13,16,19H,1-12H2,(H,17,18). The van der Waals surface area contributed by atoms with E-state index in [1.54, 1.807) is 0 Å². The highest BCUT2D eigenvalue weighted by molar-refractivity contribution is 5.75. The molecular formula is C15H28N2O2. The predicted molar refractivity (Wildman–Crippen MR) is 75.9 cm³/mol. The molecule has 2 fully saturated rings. The van der Waals surface area contributed by atoms with Crippen molar-refractivity contribution in [3.63, 3.8) is 0 Å². The van der Waals surface area contributed by atoms with Crippen LogP contribution in [0.3, 0.4) is 0 Å². The Morgan fingerprint density at radius 3 is 2.63 bits per heavy atom. The minimum Gasteiger partial charge on any atom is -0.388 e. The summed E-state index contributed by atoms with van der Waals surface area (Å²) in [6, 6.07) is 0. The van der Waals surface area contributed by atoms with Crippen molar-refractivity contribution in [1.29, 1.82) is 0 Å². The van der Waals surface area contributed by atoms with Crippen LogP contribution in [0.25, 0.3) is 0 Å². The van der Waals surface area contributed by atoms with Gasteiger partial charge in [-0.2, -0.15) is 0 Å². The zero-order valence-electron chi connectivity index (χ0n) is 11.9. The van der Waals surface area contributed by atoms with Crippen molar-refractivity contribution in [1.82, 2.24) is 10.6 Å². The van der Waals surface area contributed by atoms with Gasteiger partial charge in [0.1, 0.15) is 0 Å². The molecule has 1 aliphatic carbocycles. The fraction of sp³-hybridized carbons (Fsp3) is 0.933. The Kier molecular flexibility index (Phi) is 5.64. The van der Waals surface area contributed by atoms with Crippen molar-refractivity contribution in [2.45, 2.75) is 63.4 Å². The van der Waals surface area contributed by atoms with Crippen molar-refractivity contribution in [2.24, 2.45) is 5.92 Å². The molecule has 0 radical (unpaired) electrons. The molecular weight excluding hydrogens is 240 g/mol. The lowest BCUT2D eigenvalue weighted by Gasteiger charge is -2.26. The smallest absolute Gasteiger partial charge is 0.220 e. The maximum absolute atomic E-state index is 11.8. The summed E-state index contributed by atoms with van der Waals surface area (Å²) in [6.07, 6.45) is 9.02. The zero-order chi connectivity index (χ0) is 13.6. The summed E-state index contributed by atoms with van der Waals surface area (Å²) < 4.78 is 0. The number of rotatable bonds is 5. The van der Waals surface area contributed by atoms with E-state index in [0.717, 1.165) is 45.2 Å². The molecule has 1 aliphatic heterocycles. The summed E-state index contributed by atoms with van der Waals surface area (Å²) in [6.45, 7) is 2.58. The molecule has 1 atom stereocenters. The molecule has 4 nitrogen and oxygen atoms in total. The van der Waals surface area contributed by atoms with E-state index in [9.17, 15) is 9.90 Å². The lowest BCUT2D eigenvalue weighted by atomic mass is 9.94. The average molecular weight is 268 g/mol. The maximum atomic E-state index is 11.8. The third-order valence-electron chi connectivity index (χ3n) is 4.59. The van der Waals surface area contributed by atoms with Gasteiger partial charge in [-0.3, -0.25) is 4.79 Å². The lowest BCUT2D eigenvalue weighted by molar-refractivity contribution is -0.122. The minimum atomic E-state index is -0.652. The van der Waals surface area contributed by atoms with Crippen LogP contribution in [0.2, 0.25) is 0 Å². The van der Waals surface area contributed by atoms with Gasteiger partial charge < -0.3 is 15.7 Å². The number of carbonyl (C=O) groups is 1. The molecule has 1 unspecified atom stereocenters. The molecule has 0 aromatic rings. The van der Waals surface area contributed by atoms with Crippen molar-refractivity contribution in [2.75, 3.05) is 19.6 Å². The van der Waals surface area contributed by atoms with E-state index in [1.807, 2.05) is 0 Å². The quantitative estimate of drug-likeness (QED) is 0.663. The fourth-order valence-electron chi connectivity index (χ4n) is 3.21. The third kappa shape index (κ3) is 5.11. The number of amides is 1. The molecule has 4 heteroatoms. The first-order valence-electron chi connectivity index (χ1n) is 7.88. The molecule has 1 saturated heterocycles. The Morgan fingerprint density at radius 2 is 2.00 bits per heavy atom. The maximum Gasteiger partial charge on any atom is 0.220 e. The Bertz CT molecular complexity index is 280. The van der Waals surface area contributed by atoms with Gasteiger partial charge in [0.2, 0.25) is 5.91 Å². The van der Waals surface area contributed by atoms with Crippen molar-refractivity contribution in [3.05, 3.63) is 0 Å². The highest BCUT2D eigenvalue weighted by Crippen LogP contribution is 2.26. The molecule has 0 aromatic carbocycles. The second-order valence-corrected chi connectivity index (χ2v) is 6.31. The molecule has 2 rings (SSSR count). The van der Waals surface area contributed by atoms with E-state index in [-0.39, 0.29) is 5.91 Å². The summed E-state index contributed by atoms with van der Waals surface area (Å²) in [7, 11) is 0. The molecule has 1 heterocycles. The van der Waals surface area contributed by atoms with Crippen LogP contribution in [-0.4, -0.2) is 36.2 Å². The van der Waals surface area contributed by atoms with Gasteiger partial charge in [-0.1, -0.05) is 25.7 Å². The van der Waals surface area contributed by atoms with Crippen molar-refractivity contribution in [3.8, 4) is 0 Å². The molecule has 0 bridgehead atoms. The number of hydrogen-bond acceptors (Lipinski definition) is 3. The first-order valence-corrected chi connectivity index (χ1v) is 7.88. The highest BCUT2D eigenvalue weighted by atomic mass is 16.3. The summed E-state index contributed by atoms with van der Waals surface area (Å²) in [5.41, 5.74) is -0.652. The molecule has 0 aromatic heterocycles. The monoisotopic (exact) mass is 268 g/mol. The van der Waals surface area contributed by atoms with Crippen molar-refractivity contribution < 1.29 is 9.90 Å². The Balaban J connectivity index is 1.64. The number of carbonyl (C=O) groups excluding carboxylic acids is 1. The van der Waals surface area contributed by atoms with E-state index in [4.69, 9.17) is 0 Å². The fourth-order valence-corrected chi connectivity index (χ4v) is 3.21. The van der Waals surface area contributed by atoms with Gasteiger partial charge in [-0.15, -0.1) is 0 Å². The topological polar surface area (TPSA) is 61.4 Å². The summed E-state index contributed by atoms with van der Waals surface area (Å²) >= 11 is 0. The van der Waals surface area contributed by atoms with Crippen LogP contribution >= 0.6 is 0 Å². The van der Waals surface area contributed by atoms with E-state index in [2.05, 4.69) is 10.6 Å². The van der Waals surface area contributed by atoms with Gasteiger partial charge in [0.25, 0.3) is 0 Å². The van der Waals surface area contributed by atoms with Crippen LogP contribution < -0.4 is 10.6 Å². The molecule has 3 N–H and O–H groups in total. The largest absolute Gasteiger partial charge is 0.388 e. The van der Waals surface area contributed by atoms with Crippen molar-refractivity contribution >= 4 is 5.91 Å². The molecule has 2 aliphatic rings. The SMILES string of the molecule is O=C(CCC1CCNC1)NCC1(O)CCCCCC1. The van der Waals surface area contributed by atoms with Gasteiger partial charge in [-0.05, 0) is 44.7 Å². The predicted octanol–water partition coefficient (Wildman–Crippen LogP) is 1.58. The van der Waals surface area contributed by atoms with Gasteiger partial charge in [0.15, 0.2) is 0 Å². The van der Waals surface area contributed by atoms with E-state index in [1.165, 1.54) is 19.3 Å². The van der Waals surface area contributed by atoms with E-state index >= 15 is 0 Å². The second kappa shape index (κ2) is 7.25. The van der Waals surface area contributed by atoms with E-state index < -0.39 is 5.60 Å². The molecule has 0 spiro atoms. The van der Waals surface area contributed by atoms with Gasteiger partial charge in [0, 0.05) is 13.0 Å². The highest BCUT2D eigenvalue weighted by Gasteiger charge is 2.28. The molecule has 110 valence electrons. The van der Waals surface area contributed by atoms with Crippen LogP contribution in [-0.2, 0) is 4.79 Å². The number of aliphatic hydroxyl groups is 1.